The Balaban J connectivity index is 1.63. The third-order valence-electron chi connectivity index (χ3n) is 4.51. The van der Waals surface area contributed by atoms with Crippen LogP contribution in [0.1, 0.15) is 24.3 Å². The maximum absolute atomic E-state index is 12.9. The summed E-state index contributed by atoms with van der Waals surface area (Å²) >= 11 is 0. The highest BCUT2D eigenvalue weighted by Gasteiger charge is 2.47. The Morgan fingerprint density at radius 1 is 1.29 bits per heavy atom. The zero-order valence-corrected chi connectivity index (χ0v) is 12.6. The van der Waals surface area contributed by atoms with Gasteiger partial charge in [0, 0.05) is 19.0 Å². The number of nitrogens with zero attached hydrogens (tertiary/aromatic N) is 1. The van der Waals surface area contributed by atoms with Crippen LogP contribution < -0.4 is 0 Å². The molecule has 4 nitrogen and oxygen atoms in total. The van der Waals surface area contributed by atoms with Crippen molar-refractivity contribution in [2.75, 3.05) is 18.6 Å². The van der Waals surface area contributed by atoms with Gasteiger partial charge in [-0.15, -0.1) is 0 Å². The molecule has 1 amide bonds. The molecule has 1 aliphatic heterocycles. The van der Waals surface area contributed by atoms with Crippen LogP contribution in [0.25, 0.3) is 0 Å². The number of hydrogen-bond acceptors (Lipinski definition) is 3. The van der Waals surface area contributed by atoms with E-state index in [0.717, 1.165) is 12.0 Å². The molecule has 3 atom stereocenters. The number of hydrogen-bond donors (Lipinski definition) is 0. The van der Waals surface area contributed by atoms with Crippen molar-refractivity contribution in [3.8, 4) is 0 Å². The summed E-state index contributed by atoms with van der Waals surface area (Å²) in [5.74, 6) is 0.00847. The van der Waals surface area contributed by atoms with Gasteiger partial charge in [-0.2, -0.15) is 0 Å². The topological polar surface area (TPSA) is 54.5 Å². The molecule has 1 saturated heterocycles. The van der Waals surface area contributed by atoms with Crippen LogP contribution in [-0.2, 0) is 14.6 Å². The van der Waals surface area contributed by atoms with Crippen LogP contribution in [0, 0.1) is 11.7 Å². The van der Waals surface area contributed by atoms with Crippen molar-refractivity contribution in [3.05, 3.63) is 35.6 Å². The predicted octanol–water partition coefficient (Wildman–Crippen LogP) is 1.57. The van der Waals surface area contributed by atoms with Gasteiger partial charge in [0.15, 0.2) is 9.84 Å². The minimum Gasteiger partial charge on any atom is -0.341 e. The van der Waals surface area contributed by atoms with E-state index in [-0.39, 0.29) is 41.1 Å². The molecule has 114 valence electrons. The van der Waals surface area contributed by atoms with Crippen molar-refractivity contribution < 1.29 is 17.6 Å². The average Bonchev–Trinajstić information content (AvgIpc) is 3.15. The van der Waals surface area contributed by atoms with Crippen LogP contribution in [0.5, 0.6) is 0 Å². The fourth-order valence-electron chi connectivity index (χ4n) is 3.07. The predicted molar refractivity (Wildman–Crippen MR) is 77.1 cm³/mol. The molecule has 6 heteroatoms. The summed E-state index contributed by atoms with van der Waals surface area (Å²) < 4.78 is 35.9. The van der Waals surface area contributed by atoms with Gasteiger partial charge >= 0.3 is 0 Å². The largest absolute Gasteiger partial charge is 0.341 e. The highest BCUT2D eigenvalue weighted by molar-refractivity contribution is 7.91. The SMILES string of the molecule is CN(C(=O)[C@@H]1C[C@@H]1c1ccc(F)cc1)[C@@H]1CCS(=O)(=O)C1. The standard InChI is InChI=1S/C15H18FNO3S/c1-17(12-6-7-21(19,20)9-12)15(18)14-8-13(14)10-2-4-11(16)5-3-10/h2-5,12-14H,6-9H2,1H3/t12-,13-,14-/m1/s1. The van der Waals surface area contributed by atoms with Crippen molar-refractivity contribution in [2.24, 2.45) is 5.92 Å². The summed E-state index contributed by atoms with van der Waals surface area (Å²) in [5, 5.41) is 0. The monoisotopic (exact) mass is 311 g/mol. The smallest absolute Gasteiger partial charge is 0.226 e. The van der Waals surface area contributed by atoms with Crippen LogP contribution in [-0.4, -0.2) is 43.8 Å². The Bertz CT molecular complexity index is 656. The number of halogens is 1. The van der Waals surface area contributed by atoms with Crippen molar-refractivity contribution in [2.45, 2.75) is 24.8 Å². The lowest BCUT2D eigenvalue weighted by molar-refractivity contribution is -0.133. The minimum absolute atomic E-state index is 0.00595. The highest BCUT2D eigenvalue weighted by atomic mass is 32.2. The van der Waals surface area contributed by atoms with Crippen LogP contribution in [0.4, 0.5) is 4.39 Å². The maximum Gasteiger partial charge on any atom is 0.226 e. The summed E-state index contributed by atoms with van der Waals surface area (Å²) in [4.78, 5) is 14.0. The van der Waals surface area contributed by atoms with Gasteiger partial charge in [0.05, 0.1) is 11.5 Å². The Labute approximate surface area is 123 Å². The van der Waals surface area contributed by atoms with Crippen LogP contribution >= 0.6 is 0 Å². The number of benzene rings is 1. The first-order chi connectivity index (χ1) is 9.87. The van der Waals surface area contributed by atoms with Gasteiger partial charge in [-0.25, -0.2) is 12.8 Å². The minimum atomic E-state index is -2.99. The van der Waals surface area contributed by atoms with E-state index in [4.69, 9.17) is 0 Å². The Morgan fingerprint density at radius 2 is 1.95 bits per heavy atom. The number of carbonyl (C=O) groups is 1. The number of rotatable bonds is 3. The van der Waals surface area contributed by atoms with Gasteiger partial charge in [0.1, 0.15) is 5.82 Å². The number of amides is 1. The first kappa shape index (κ1) is 14.5. The van der Waals surface area contributed by atoms with Crippen LogP contribution in [0.2, 0.25) is 0 Å². The van der Waals surface area contributed by atoms with Gasteiger partial charge in [0.2, 0.25) is 5.91 Å². The molecule has 1 saturated carbocycles. The third-order valence-corrected chi connectivity index (χ3v) is 6.26. The van der Waals surface area contributed by atoms with Gasteiger partial charge in [-0.1, -0.05) is 12.1 Å². The molecule has 21 heavy (non-hydrogen) atoms. The molecule has 1 aromatic rings. The fourth-order valence-corrected chi connectivity index (χ4v) is 4.84. The number of carbonyl (C=O) groups excluding carboxylic acids is 1. The van der Waals surface area contributed by atoms with E-state index in [1.165, 1.54) is 12.1 Å². The molecule has 0 radical (unpaired) electrons. The quantitative estimate of drug-likeness (QED) is 0.851. The summed E-state index contributed by atoms with van der Waals surface area (Å²) in [7, 11) is -1.30. The molecule has 0 aromatic heterocycles. The Morgan fingerprint density at radius 3 is 2.52 bits per heavy atom. The van der Waals surface area contributed by atoms with Gasteiger partial charge in [-0.3, -0.25) is 4.79 Å². The van der Waals surface area contributed by atoms with Crippen molar-refractivity contribution in [1.29, 1.82) is 0 Å². The molecule has 0 spiro atoms. The third kappa shape index (κ3) is 2.95. The molecule has 1 aromatic carbocycles. The van der Waals surface area contributed by atoms with Gasteiger partial charge < -0.3 is 4.90 Å². The highest BCUT2D eigenvalue weighted by Crippen LogP contribution is 2.48. The Hall–Kier alpha value is -1.43. The van der Waals surface area contributed by atoms with Crippen molar-refractivity contribution >= 4 is 15.7 Å². The van der Waals surface area contributed by atoms with E-state index in [1.54, 1.807) is 24.1 Å². The van der Waals surface area contributed by atoms with E-state index in [0.29, 0.717) is 6.42 Å². The molecule has 0 bridgehead atoms. The normalized spacial score (nSPS) is 30.1. The Kier molecular flexibility index (Phi) is 3.51. The lowest BCUT2D eigenvalue weighted by Crippen LogP contribution is -2.39. The van der Waals surface area contributed by atoms with Crippen LogP contribution in [0.15, 0.2) is 24.3 Å². The van der Waals surface area contributed by atoms with Crippen molar-refractivity contribution in [3.63, 3.8) is 0 Å². The van der Waals surface area contributed by atoms with Gasteiger partial charge in [0.25, 0.3) is 0 Å². The molecule has 0 unspecified atom stereocenters. The second-order valence-electron chi connectivity index (χ2n) is 6.01. The van der Waals surface area contributed by atoms with E-state index in [1.807, 2.05) is 0 Å². The molecule has 2 aliphatic rings. The summed E-state index contributed by atoms with van der Waals surface area (Å²) in [6.45, 7) is 0. The van der Waals surface area contributed by atoms with Crippen LogP contribution in [0.3, 0.4) is 0 Å². The molecule has 1 aliphatic carbocycles. The van der Waals surface area contributed by atoms with E-state index in [2.05, 4.69) is 0 Å². The lowest BCUT2D eigenvalue weighted by Gasteiger charge is -2.23. The summed E-state index contributed by atoms with van der Waals surface area (Å²) in [6, 6.07) is 6.04. The van der Waals surface area contributed by atoms with Gasteiger partial charge in [-0.05, 0) is 36.5 Å². The maximum atomic E-state index is 12.9. The molecule has 3 rings (SSSR count). The lowest BCUT2D eigenvalue weighted by atomic mass is 10.1. The molecule has 2 fully saturated rings. The van der Waals surface area contributed by atoms with Crippen molar-refractivity contribution in [1.82, 2.24) is 4.90 Å². The molecular weight excluding hydrogens is 293 g/mol. The van der Waals surface area contributed by atoms with E-state index >= 15 is 0 Å². The zero-order chi connectivity index (χ0) is 15.2. The molecule has 1 heterocycles. The number of sulfone groups is 1. The second-order valence-corrected chi connectivity index (χ2v) is 8.23. The average molecular weight is 311 g/mol. The summed E-state index contributed by atoms with van der Waals surface area (Å²) in [6.07, 6.45) is 1.28. The first-order valence-corrected chi connectivity index (χ1v) is 8.92. The fraction of sp³-hybridized carbons (Fsp3) is 0.533. The molecule has 0 N–H and O–H groups in total. The molecular formula is C15H18FNO3S. The second kappa shape index (κ2) is 5.09. The first-order valence-electron chi connectivity index (χ1n) is 7.10. The van der Waals surface area contributed by atoms with E-state index < -0.39 is 9.84 Å². The van der Waals surface area contributed by atoms with E-state index in [9.17, 15) is 17.6 Å². The summed E-state index contributed by atoms with van der Waals surface area (Å²) in [5.41, 5.74) is 0.974. The zero-order valence-electron chi connectivity index (χ0n) is 11.8.